The molecular weight excluding hydrogens is 321 g/mol. The first-order valence-corrected chi connectivity index (χ1v) is 8.16. The van der Waals surface area contributed by atoms with E-state index in [4.69, 9.17) is 5.26 Å². The van der Waals surface area contributed by atoms with E-state index in [0.717, 1.165) is 5.69 Å². The Bertz CT molecular complexity index is 825. The van der Waals surface area contributed by atoms with Crippen LogP contribution in [0.4, 0.5) is 4.39 Å². The van der Waals surface area contributed by atoms with Crippen LogP contribution < -0.4 is 5.32 Å². The van der Waals surface area contributed by atoms with Gasteiger partial charge in [0.2, 0.25) is 5.91 Å². The van der Waals surface area contributed by atoms with Crippen molar-refractivity contribution in [2.45, 2.75) is 31.5 Å². The van der Waals surface area contributed by atoms with Gasteiger partial charge in [0.05, 0.1) is 23.4 Å². The Morgan fingerprint density at radius 2 is 2.20 bits per heavy atom. The minimum absolute atomic E-state index is 0.00635. The number of nitrogens with zero attached hydrogens (tertiary/aromatic N) is 4. The van der Waals surface area contributed by atoms with E-state index in [1.54, 1.807) is 35.0 Å². The number of rotatable bonds is 4. The third-order valence-electron chi connectivity index (χ3n) is 4.76. The summed E-state index contributed by atoms with van der Waals surface area (Å²) < 4.78 is 15.9. The van der Waals surface area contributed by atoms with Crippen LogP contribution in [0.25, 0.3) is 0 Å². The number of hydrogen-bond donors (Lipinski definition) is 1. The van der Waals surface area contributed by atoms with Gasteiger partial charge in [-0.25, -0.2) is 4.39 Å². The molecular formula is C18H20FN5O. The van der Waals surface area contributed by atoms with E-state index in [1.165, 1.54) is 6.07 Å². The van der Waals surface area contributed by atoms with Crippen LogP contribution in [0.3, 0.4) is 0 Å². The minimum atomic E-state index is -0.399. The van der Waals surface area contributed by atoms with Gasteiger partial charge in [0.15, 0.2) is 0 Å². The highest BCUT2D eigenvalue weighted by atomic mass is 19.1. The molecule has 25 heavy (non-hydrogen) atoms. The third-order valence-corrected chi connectivity index (χ3v) is 4.76. The van der Waals surface area contributed by atoms with E-state index in [0.29, 0.717) is 30.5 Å². The van der Waals surface area contributed by atoms with Gasteiger partial charge in [0, 0.05) is 44.9 Å². The number of aryl methyl sites for hydroxylation is 1. The molecule has 2 atom stereocenters. The first kappa shape index (κ1) is 17.1. The summed E-state index contributed by atoms with van der Waals surface area (Å²) >= 11 is 0. The summed E-state index contributed by atoms with van der Waals surface area (Å²) in [6, 6.07) is 8.14. The Balaban J connectivity index is 1.79. The zero-order valence-electron chi connectivity index (χ0n) is 14.2. The Hall–Kier alpha value is -2.72. The van der Waals surface area contributed by atoms with E-state index in [9.17, 15) is 9.18 Å². The predicted molar refractivity (Wildman–Crippen MR) is 89.7 cm³/mol. The topological polar surface area (TPSA) is 74.0 Å². The Labute approximate surface area is 145 Å². The number of nitriles is 1. The number of carbonyl (C=O) groups is 1. The number of halogens is 1. The van der Waals surface area contributed by atoms with Gasteiger partial charge < -0.3 is 10.2 Å². The fraction of sp³-hybridized carbons (Fsp3) is 0.389. The standard InChI is InChI=1S/C18H20FN5O/c1-23-17(25)6-5-15(18(23)16-7-8-22-24(16)2)21-11-13-4-3-12(10-20)9-14(13)19/h3-4,7-9,15,18,21H,5-6,11H2,1-2H3/t15-,18-/m1/s1. The molecule has 1 N–H and O–H groups in total. The molecule has 1 fully saturated rings. The zero-order valence-corrected chi connectivity index (χ0v) is 14.2. The molecule has 1 amide bonds. The van der Waals surface area contributed by atoms with Gasteiger partial charge in [-0.2, -0.15) is 10.4 Å². The molecule has 0 spiro atoms. The quantitative estimate of drug-likeness (QED) is 0.921. The molecule has 1 aliphatic heterocycles. The predicted octanol–water partition coefficient (Wildman–Crippen LogP) is 1.88. The molecule has 0 unspecified atom stereocenters. The lowest BCUT2D eigenvalue weighted by Crippen LogP contribution is -2.49. The molecule has 3 rings (SSSR count). The van der Waals surface area contributed by atoms with E-state index >= 15 is 0 Å². The smallest absolute Gasteiger partial charge is 0.222 e. The van der Waals surface area contributed by atoms with Crippen LogP contribution in [0.15, 0.2) is 30.5 Å². The SMILES string of the molecule is CN1C(=O)CC[C@@H](NCc2ccc(C#N)cc2F)[C@@H]1c1ccnn1C. The number of benzene rings is 1. The lowest BCUT2D eigenvalue weighted by molar-refractivity contribution is -0.136. The number of likely N-dealkylation sites (tertiary alicyclic amines) is 1. The molecule has 1 aliphatic rings. The minimum Gasteiger partial charge on any atom is -0.336 e. The van der Waals surface area contributed by atoms with Crippen LogP contribution in [0.1, 0.15) is 35.7 Å². The van der Waals surface area contributed by atoms with Crippen LogP contribution in [0.2, 0.25) is 0 Å². The summed E-state index contributed by atoms with van der Waals surface area (Å²) in [4.78, 5) is 13.9. The normalized spacial score (nSPS) is 20.6. The van der Waals surface area contributed by atoms with Crippen molar-refractivity contribution in [2.75, 3.05) is 7.05 Å². The van der Waals surface area contributed by atoms with Gasteiger partial charge in [-0.05, 0) is 24.6 Å². The monoisotopic (exact) mass is 341 g/mol. The van der Waals surface area contributed by atoms with E-state index in [2.05, 4.69) is 10.4 Å². The average Bonchev–Trinajstić information content (AvgIpc) is 3.02. The van der Waals surface area contributed by atoms with Crippen LogP contribution in [-0.4, -0.2) is 33.7 Å². The van der Waals surface area contributed by atoms with E-state index < -0.39 is 5.82 Å². The van der Waals surface area contributed by atoms with E-state index in [1.807, 2.05) is 19.2 Å². The average molecular weight is 341 g/mol. The second-order valence-electron chi connectivity index (χ2n) is 6.27. The van der Waals surface area contributed by atoms with Crippen molar-refractivity contribution in [1.29, 1.82) is 5.26 Å². The number of aromatic nitrogens is 2. The summed E-state index contributed by atoms with van der Waals surface area (Å²) in [5, 5.41) is 16.4. The Morgan fingerprint density at radius 3 is 2.84 bits per heavy atom. The van der Waals surface area contributed by atoms with Crippen LogP contribution in [-0.2, 0) is 18.4 Å². The molecule has 6 nitrogen and oxygen atoms in total. The number of amides is 1. The molecule has 1 saturated heterocycles. The first-order valence-electron chi connectivity index (χ1n) is 8.16. The maximum atomic E-state index is 14.1. The van der Waals surface area contributed by atoms with Gasteiger partial charge in [0.1, 0.15) is 5.82 Å². The number of carbonyl (C=O) groups excluding carboxylic acids is 1. The highest BCUT2D eigenvalue weighted by molar-refractivity contribution is 5.77. The van der Waals surface area contributed by atoms with Gasteiger partial charge in [-0.15, -0.1) is 0 Å². The Morgan fingerprint density at radius 1 is 1.40 bits per heavy atom. The molecule has 0 aliphatic carbocycles. The molecule has 2 aromatic rings. The van der Waals surface area contributed by atoms with Crippen molar-refractivity contribution < 1.29 is 9.18 Å². The fourth-order valence-electron chi connectivity index (χ4n) is 3.33. The molecule has 1 aromatic carbocycles. The first-order chi connectivity index (χ1) is 12.0. The fourth-order valence-corrected chi connectivity index (χ4v) is 3.33. The third kappa shape index (κ3) is 3.39. The summed E-state index contributed by atoms with van der Waals surface area (Å²) in [7, 11) is 3.63. The largest absolute Gasteiger partial charge is 0.336 e. The van der Waals surface area contributed by atoms with Gasteiger partial charge >= 0.3 is 0 Å². The van der Waals surface area contributed by atoms with Crippen molar-refractivity contribution in [1.82, 2.24) is 20.0 Å². The van der Waals surface area contributed by atoms with E-state index in [-0.39, 0.29) is 18.0 Å². The van der Waals surface area contributed by atoms with Crippen LogP contribution in [0.5, 0.6) is 0 Å². The van der Waals surface area contributed by atoms with Crippen molar-refractivity contribution in [3.05, 3.63) is 53.1 Å². The second-order valence-corrected chi connectivity index (χ2v) is 6.27. The molecule has 7 heteroatoms. The highest BCUT2D eigenvalue weighted by Crippen LogP contribution is 2.30. The maximum Gasteiger partial charge on any atom is 0.222 e. The van der Waals surface area contributed by atoms with Crippen molar-refractivity contribution >= 4 is 5.91 Å². The number of hydrogen-bond acceptors (Lipinski definition) is 4. The number of piperidine rings is 1. The molecule has 0 bridgehead atoms. The summed E-state index contributed by atoms with van der Waals surface area (Å²) in [6.45, 7) is 0.332. The highest BCUT2D eigenvalue weighted by Gasteiger charge is 2.36. The molecule has 130 valence electrons. The maximum absolute atomic E-state index is 14.1. The van der Waals surface area contributed by atoms with Crippen LogP contribution >= 0.6 is 0 Å². The van der Waals surface area contributed by atoms with Crippen molar-refractivity contribution in [2.24, 2.45) is 7.05 Å². The molecule has 1 aromatic heterocycles. The molecule has 2 heterocycles. The van der Waals surface area contributed by atoms with Gasteiger partial charge in [-0.1, -0.05) is 6.07 Å². The number of nitrogens with one attached hydrogen (secondary N) is 1. The van der Waals surface area contributed by atoms with Crippen LogP contribution in [0, 0.1) is 17.1 Å². The van der Waals surface area contributed by atoms with Crippen molar-refractivity contribution in [3.63, 3.8) is 0 Å². The van der Waals surface area contributed by atoms with Gasteiger partial charge in [0.25, 0.3) is 0 Å². The Kier molecular flexibility index (Phi) is 4.81. The lowest BCUT2D eigenvalue weighted by atomic mass is 9.93. The van der Waals surface area contributed by atoms with Crippen molar-refractivity contribution in [3.8, 4) is 6.07 Å². The molecule has 0 radical (unpaired) electrons. The second kappa shape index (κ2) is 7.03. The summed E-state index contributed by atoms with van der Waals surface area (Å²) in [6.07, 6.45) is 2.84. The number of likely N-dealkylation sites (N-methyl/N-ethyl adjacent to an activating group) is 1. The zero-order chi connectivity index (χ0) is 18.0. The summed E-state index contributed by atoms with van der Waals surface area (Å²) in [5.41, 5.74) is 1.74. The van der Waals surface area contributed by atoms with Gasteiger partial charge in [-0.3, -0.25) is 9.48 Å². The lowest BCUT2D eigenvalue weighted by Gasteiger charge is -2.39. The molecule has 0 saturated carbocycles. The summed E-state index contributed by atoms with van der Waals surface area (Å²) in [5.74, 6) is -0.308.